The molecular weight excluding hydrogens is 316 g/mol. The number of methoxy groups -OCH3 is 1. The summed E-state index contributed by atoms with van der Waals surface area (Å²) in [5, 5.41) is 2.89. The van der Waals surface area contributed by atoms with Crippen molar-refractivity contribution < 1.29 is 17.9 Å². The molecule has 7 heteroatoms. The number of ether oxygens (including phenoxy) is 1. The predicted molar refractivity (Wildman–Crippen MR) is 89.3 cm³/mol. The Morgan fingerprint density at radius 3 is 2.70 bits per heavy atom. The standard InChI is InChI=1S/C16H22N2O4S/c1-11(12-4-5-12)16(19)17-13-6-7-15(22-2)14(10-13)18-8-3-9-23(18,20)21/h6-7,10-12H,3-5,8-9H2,1-2H3,(H,17,19). The lowest BCUT2D eigenvalue weighted by Gasteiger charge is -2.21. The van der Waals surface area contributed by atoms with Crippen molar-refractivity contribution in [2.75, 3.05) is 29.0 Å². The van der Waals surface area contributed by atoms with Crippen molar-refractivity contribution in [3.05, 3.63) is 18.2 Å². The molecule has 1 aliphatic carbocycles. The Kier molecular flexibility index (Phi) is 4.23. The Labute approximate surface area is 136 Å². The number of carbonyl (C=O) groups excluding carboxylic acids is 1. The molecule has 1 unspecified atom stereocenters. The van der Waals surface area contributed by atoms with Gasteiger partial charge in [-0.3, -0.25) is 9.10 Å². The first-order chi connectivity index (χ1) is 10.9. The van der Waals surface area contributed by atoms with Gasteiger partial charge in [0.25, 0.3) is 0 Å². The van der Waals surface area contributed by atoms with Gasteiger partial charge >= 0.3 is 0 Å². The molecule has 2 fully saturated rings. The second kappa shape index (κ2) is 6.03. The first-order valence-corrected chi connectivity index (χ1v) is 9.52. The van der Waals surface area contributed by atoms with E-state index in [2.05, 4.69) is 5.32 Å². The van der Waals surface area contributed by atoms with Crippen molar-refractivity contribution in [3.63, 3.8) is 0 Å². The summed E-state index contributed by atoms with van der Waals surface area (Å²) in [7, 11) is -1.79. The van der Waals surface area contributed by atoms with E-state index in [0.717, 1.165) is 12.8 Å². The number of hydrogen-bond acceptors (Lipinski definition) is 4. The van der Waals surface area contributed by atoms with Crippen molar-refractivity contribution in [3.8, 4) is 5.75 Å². The Bertz CT molecular complexity index is 713. The number of nitrogens with zero attached hydrogens (tertiary/aromatic N) is 1. The molecule has 1 aromatic carbocycles. The summed E-state index contributed by atoms with van der Waals surface area (Å²) in [4.78, 5) is 12.2. The molecule has 0 bridgehead atoms. The third-order valence-corrected chi connectivity index (χ3v) is 6.41. The van der Waals surface area contributed by atoms with Crippen molar-refractivity contribution >= 4 is 27.3 Å². The van der Waals surface area contributed by atoms with Crippen molar-refractivity contribution in [2.24, 2.45) is 11.8 Å². The van der Waals surface area contributed by atoms with Crippen LogP contribution >= 0.6 is 0 Å². The van der Waals surface area contributed by atoms with E-state index >= 15 is 0 Å². The summed E-state index contributed by atoms with van der Waals surface area (Å²) in [6, 6.07) is 5.11. The lowest BCUT2D eigenvalue weighted by molar-refractivity contribution is -0.119. The van der Waals surface area contributed by atoms with Crippen molar-refractivity contribution in [1.29, 1.82) is 0 Å². The van der Waals surface area contributed by atoms with Gasteiger partial charge in [0.1, 0.15) is 5.75 Å². The zero-order chi connectivity index (χ0) is 16.6. The molecular formula is C16H22N2O4S. The monoisotopic (exact) mass is 338 g/mol. The van der Waals surface area contributed by atoms with Gasteiger partial charge in [0.15, 0.2) is 0 Å². The highest BCUT2D eigenvalue weighted by Gasteiger charge is 2.33. The highest BCUT2D eigenvalue weighted by molar-refractivity contribution is 7.93. The van der Waals surface area contributed by atoms with Gasteiger partial charge in [-0.15, -0.1) is 0 Å². The molecule has 1 atom stereocenters. The van der Waals surface area contributed by atoms with Gasteiger partial charge in [-0.2, -0.15) is 0 Å². The van der Waals surface area contributed by atoms with Gasteiger partial charge in [0.05, 0.1) is 18.6 Å². The Morgan fingerprint density at radius 2 is 2.13 bits per heavy atom. The summed E-state index contributed by atoms with van der Waals surface area (Å²) < 4.78 is 31.0. The third kappa shape index (κ3) is 3.29. The molecule has 0 aromatic heterocycles. The molecule has 1 heterocycles. The van der Waals surface area contributed by atoms with E-state index in [1.807, 2.05) is 6.92 Å². The van der Waals surface area contributed by atoms with E-state index in [-0.39, 0.29) is 17.6 Å². The molecule has 3 rings (SSSR count). The summed E-state index contributed by atoms with van der Waals surface area (Å²) in [6.45, 7) is 2.37. The minimum absolute atomic E-state index is 0.0175. The third-order valence-electron chi connectivity index (χ3n) is 4.56. The van der Waals surface area contributed by atoms with Gasteiger partial charge < -0.3 is 10.1 Å². The van der Waals surface area contributed by atoms with Gasteiger partial charge in [0.2, 0.25) is 15.9 Å². The molecule has 126 valence electrons. The Morgan fingerprint density at radius 1 is 1.39 bits per heavy atom. The molecule has 1 aromatic rings. The Hall–Kier alpha value is -1.76. The highest BCUT2D eigenvalue weighted by atomic mass is 32.2. The zero-order valence-electron chi connectivity index (χ0n) is 13.4. The van der Waals surface area contributed by atoms with Crippen LogP contribution in [0.2, 0.25) is 0 Å². The van der Waals surface area contributed by atoms with Crippen LogP contribution in [0.1, 0.15) is 26.2 Å². The minimum atomic E-state index is -3.30. The minimum Gasteiger partial charge on any atom is -0.495 e. The quantitative estimate of drug-likeness (QED) is 0.893. The molecule has 2 aliphatic rings. The maximum absolute atomic E-state index is 12.2. The summed E-state index contributed by atoms with van der Waals surface area (Å²) in [6.07, 6.45) is 2.81. The fourth-order valence-electron chi connectivity index (χ4n) is 2.94. The van der Waals surface area contributed by atoms with Crippen LogP contribution in [0.4, 0.5) is 11.4 Å². The van der Waals surface area contributed by atoms with Crippen LogP contribution in [0.25, 0.3) is 0 Å². The van der Waals surface area contributed by atoms with Crippen molar-refractivity contribution in [2.45, 2.75) is 26.2 Å². The van der Waals surface area contributed by atoms with Crippen LogP contribution in [-0.2, 0) is 14.8 Å². The molecule has 1 saturated carbocycles. The van der Waals surface area contributed by atoms with Gasteiger partial charge in [-0.05, 0) is 43.4 Å². The van der Waals surface area contributed by atoms with Crippen LogP contribution < -0.4 is 14.4 Å². The molecule has 6 nitrogen and oxygen atoms in total. The smallest absolute Gasteiger partial charge is 0.235 e. The normalized spacial score (nSPS) is 21.0. The van der Waals surface area contributed by atoms with Gasteiger partial charge in [0, 0.05) is 18.2 Å². The topological polar surface area (TPSA) is 75.7 Å². The van der Waals surface area contributed by atoms with Gasteiger partial charge in [-0.1, -0.05) is 6.92 Å². The number of hydrogen-bond donors (Lipinski definition) is 1. The van der Waals surface area contributed by atoms with Crippen LogP contribution in [0.15, 0.2) is 18.2 Å². The van der Waals surface area contributed by atoms with Crippen LogP contribution in [-0.4, -0.2) is 33.7 Å². The summed E-state index contributed by atoms with van der Waals surface area (Å²) in [5.74, 6) is 1.07. The molecule has 0 radical (unpaired) electrons. The number of carbonyl (C=O) groups is 1. The fraction of sp³-hybridized carbons (Fsp3) is 0.562. The zero-order valence-corrected chi connectivity index (χ0v) is 14.2. The van der Waals surface area contributed by atoms with E-state index < -0.39 is 10.0 Å². The average molecular weight is 338 g/mol. The predicted octanol–water partition coefficient (Wildman–Crippen LogP) is 2.22. The maximum Gasteiger partial charge on any atom is 0.235 e. The molecule has 0 spiro atoms. The number of rotatable bonds is 5. The first kappa shape index (κ1) is 16.1. The van der Waals surface area contributed by atoms with Crippen LogP contribution in [0.3, 0.4) is 0 Å². The van der Waals surface area contributed by atoms with Gasteiger partial charge in [-0.25, -0.2) is 8.42 Å². The lowest BCUT2D eigenvalue weighted by Crippen LogP contribution is -2.26. The van der Waals surface area contributed by atoms with E-state index in [0.29, 0.717) is 36.0 Å². The van der Waals surface area contributed by atoms with Crippen LogP contribution in [0.5, 0.6) is 5.75 Å². The van der Waals surface area contributed by atoms with Crippen LogP contribution in [0, 0.1) is 11.8 Å². The molecule has 1 amide bonds. The molecule has 23 heavy (non-hydrogen) atoms. The van der Waals surface area contributed by atoms with E-state index in [1.165, 1.54) is 11.4 Å². The maximum atomic E-state index is 12.2. The number of sulfonamides is 1. The number of benzene rings is 1. The number of nitrogens with one attached hydrogen (secondary N) is 1. The lowest BCUT2D eigenvalue weighted by atomic mass is 10.1. The number of anilines is 2. The molecule has 1 aliphatic heterocycles. The highest BCUT2D eigenvalue weighted by Crippen LogP contribution is 2.38. The fourth-order valence-corrected chi connectivity index (χ4v) is 4.50. The molecule has 1 saturated heterocycles. The number of amides is 1. The molecule has 1 N–H and O–H groups in total. The first-order valence-electron chi connectivity index (χ1n) is 7.91. The SMILES string of the molecule is COc1ccc(NC(=O)C(C)C2CC2)cc1N1CCCS1(=O)=O. The van der Waals surface area contributed by atoms with Crippen molar-refractivity contribution in [1.82, 2.24) is 0 Å². The Balaban J connectivity index is 1.85. The second-order valence-electron chi connectivity index (χ2n) is 6.24. The largest absolute Gasteiger partial charge is 0.495 e. The van der Waals surface area contributed by atoms with E-state index in [9.17, 15) is 13.2 Å². The van der Waals surface area contributed by atoms with E-state index in [1.54, 1.807) is 18.2 Å². The second-order valence-corrected chi connectivity index (χ2v) is 8.26. The average Bonchev–Trinajstić information content (AvgIpc) is 3.30. The summed E-state index contributed by atoms with van der Waals surface area (Å²) in [5.41, 5.74) is 1.09. The van der Waals surface area contributed by atoms with E-state index in [4.69, 9.17) is 4.74 Å². The summed E-state index contributed by atoms with van der Waals surface area (Å²) >= 11 is 0.